The van der Waals surface area contributed by atoms with E-state index in [1.54, 1.807) is 13.2 Å². The van der Waals surface area contributed by atoms with Gasteiger partial charge in [-0.25, -0.2) is 4.98 Å². The van der Waals surface area contributed by atoms with E-state index in [1.807, 2.05) is 18.2 Å². The third-order valence-electron chi connectivity index (χ3n) is 3.74. The number of fused-ring (bicyclic) bond motifs is 1. The number of hydrogen-bond donors (Lipinski definition) is 1. The number of hydrogen-bond acceptors (Lipinski definition) is 4. The minimum absolute atomic E-state index is 0.122. The fourth-order valence-electron chi connectivity index (χ4n) is 2.54. The Kier molecular flexibility index (Phi) is 3.08. The largest absolute Gasteiger partial charge is 0.381 e. The van der Waals surface area contributed by atoms with Crippen LogP contribution >= 0.6 is 0 Å². The van der Waals surface area contributed by atoms with Gasteiger partial charge in [0.25, 0.3) is 5.56 Å². The van der Waals surface area contributed by atoms with E-state index in [0.717, 1.165) is 0 Å². The Balaban J connectivity index is 2.16. The zero-order valence-corrected chi connectivity index (χ0v) is 10.8. The molecule has 5 nitrogen and oxygen atoms in total. The van der Waals surface area contributed by atoms with Crippen molar-refractivity contribution in [3.8, 4) is 0 Å². The Labute approximate surface area is 110 Å². The summed E-state index contributed by atoms with van der Waals surface area (Å²) >= 11 is 0. The molecule has 100 valence electrons. The van der Waals surface area contributed by atoms with E-state index in [1.165, 1.54) is 0 Å². The molecule has 1 aromatic carbocycles. The molecule has 0 radical (unpaired) electrons. The first-order chi connectivity index (χ1) is 9.25. The van der Waals surface area contributed by atoms with Crippen LogP contribution in [0.4, 0.5) is 0 Å². The molecule has 2 aromatic rings. The summed E-state index contributed by atoms with van der Waals surface area (Å²) in [5, 5.41) is 0.601. The number of nitrogens with one attached hydrogen (secondary N) is 1. The SMILES string of the molecule is COC1(c2nc3ccccc3c(=O)[nH]2)CCOCC1. The van der Waals surface area contributed by atoms with Crippen molar-refractivity contribution in [2.24, 2.45) is 0 Å². The highest BCUT2D eigenvalue weighted by Gasteiger charge is 2.37. The molecule has 0 amide bonds. The molecule has 0 saturated carbocycles. The molecule has 3 rings (SSSR count). The van der Waals surface area contributed by atoms with Crippen LogP contribution in [0.5, 0.6) is 0 Å². The Morgan fingerprint density at radius 2 is 2.05 bits per heavy atom. The van der Waals surface area contributed by atoms with Crippen LogP contribution in [0.3, 0.4) is 0 Å². The Hall–Kier alpha value is -1.72. The molecule has 2 heterocycles. The number of nitrogens with zero attached hydrogens (tertiary/aromatic N) is 1. The molecule has 1 saturated heterocycles. The molecule has 1 aliphatic heterocycles. The van der Waals surface area contributed by atoms with Gasteiger partial charge in [-0.1, -0.05) is 12.1 Å². The van der Waals surface area contributed by atoms with Gasteiger partial charge in [0.05, 0.1) is 10.9 Å². The number of methoxy groups -OCH3 is 1. The Morgan fingerprint density at radius 3 is 2.79 bits per heavy atom. The normalized spacial score (nSPS) is 18.6. The molecule has 0 atom stereocenters. The summed E-state index contributed by atoms with van der Waals surface area (Å²) in [6, 6.07) is 7.33. The van der Waals surface area contributed by atoms with Crippen LogP contribution in [0.25, 0.3) is 10.9 Å². The fraction of sp³-hybridized carbons (Fsp3) is 0.429. The molecule has 19 heavy (non-hydrogen) atoms. The highest BCUT2D eigenvalue weighted by Crippen LogP contribution is 2.33. The average molecular weight is 260 g/mol. The molecule has 1 aliphatic rings. The maximum atomic E-state index is 12.1. The second-order valence-corrected chi connectivity index (χ2v) is 4.74. The van der Waals surface area contributed by atoms with Crippen LogP contribution < -0.4 is 5.56 Å². The van der Waals surface area contributed by atoms with Crippen LogP contribution in [0, 0.1) is 0 Å². The van der Waals surface area contributed by atoms with E-state index < -0.39 is 5.60 Å². The predicted molar refractivity (Wildman–Crippen MR) is 71.1 cm³/mol. The predicted octanol–water partition coefficient (Wildman–Crippen LogP) is 1.58. The third-order valence-corrected chi connectivity index (χ3v) is 3.74. The molecule has 1 N–H and O–H groups in total. The Bertz CT molecular complexity index is 644. The van der Waals surface area contributed by atoms with E-state index in [0.29, 0.717) is 42.8 Å². The van der Waals surface area contributed by atoms with E-state index in [9.17, 15) is 4.79 Å². The molecule has 1 fully saturated rings. The number of rotatable bonds is 2. The highest BCUT2D eigenvalue weighted by molar-refractivity contribution is 5.77. The first-order valence-electron chi connectivity index (χ1n) is 6.38. The van der Waals surface area contributed by atoms with Gasteiger partial charge < -0.3 is 14.5 Å². The van der Waals surface area contributed by atoms with Crippen molar-refractivity contribution in [1.29, 1.82) is 0 Å². The summed E-state index contributed by atoms with van der Waals surface area (Å²) in [6.45, 7) is 1.23. The summed E-state index contributed by atoms with van der Waals surface area (Å²) < 4.78 is 11.0. The van der Waals surface area contributed by atoms with Gasteiger partial charge in [0.1, 0.15) is 11.4 Å². The van der Waals surface area contributed by atoms with E-state index >= 15 is 0 Å². The van der Waals surface area contributed by atoms with Crippen molar-refractivity contribution in [3.05, 3.63) is 40.4 Å². The van der Waals surface area contributed by atoms with Crippen molar-refractivity contribution in [3.63, 3.8) is 0 Å². The molecule has 1 aromatic heterocycles. The van der Waals surface area contributed by atoms with Crippen molar-refractivity contribution < 1.29 is 9.47 Å². The number of aromatic nitrogens is 2. The molecule has 5 heteroatoms. The first-order valence-corrected chi connectivity index (χ1v) is 6.38. The molecule has 0 aliphatic carbocycles. The molecular formula is C14H16N2O3. The van der Waals surface area contributed by atoms with Crippen LogP contribution in [-0.2, 0) is 15.1 Å². The maximum absolute atomic E-state index is 12.1. The monoisotopic (exact) mass is 260 g/mol. The van der Waals surface area contributed by atoms with Gasteiger partial charge in [0.2, 0.25) is 0 Å². The molecule has 0 spiro atoms. The van der Waals surface area contributed by atoms with E-state index in [4.69, 9.17) is 9.47 Å². The van der Waals surface area contributed by atoms with Crippen molar-refractivity contribution >= 4 is 10.9 Å². The van der Waals surface area contributed by atoms with Gasteiger partial charge in [-0.2, -0.15) is 0 Å². The third kappa shape index (κ3) is 2.05. The van der Waals surface area contributed by atoms with Gasteiger partial charge in [0.15, 0.2) is 0 Å². The fourth-order valence-corrected chi connectivity index (χ4v) is 2.54. The van der Waals surface area contributed by atoms with E-state index in [2.05, 4.69) is 9.97 Å². The number of benzene rings is 1. The maximum Gasteiger partial charge on any atom is 0.258 e. The lowest BCUT2D eigenvalue weighted by atomic mass is 9.93. The lowest BCUT2D eigenvalue weighted by Crippen LogP contribution is -2.38. The number of ether oxygens (including phenoxy) is 2. The minimum Gasteiger partial charge on any atom is -0.381 e. The lowest BCUT2D eigenvalue weighted by Gasteiger charge is -2.34. The first kappa shape index (κ1) is 12.3. The Morgan fingerprint density at radius 1 is 1.32 bits per heavy atom. The topological polar surface area (TPSA) is 64.2 Å². The summed E-state index contributed by atoms with van der Waals surface area (Å²) in [6.07, 6.45) is 1.40. The van der Waals surface area contributed by atoms with Gasteiger partial charge in [-0.3, -0.25) is 4.79 Å². The minimum atomic E-state index is -0.540. The van der Waals surface area contributed by atoms with Crippen molar-refractivity contribution in [1.82, 2.24) is 9.97 Å². The summed E-state index contributed by atoms with van der Waals surface area (Å²) in [5.41, 5.74) is 0.0363. The smallest absolute Gasteiger partial charge is 0.258 e. The average Bonchev–Trinajstić information content (AvgIpc) is 2.48. The molecule has 0 unspecified atom stereocenters. The summed E-state index contributed by atoms with van der Waals surface area (Å²) in [4.78, 5) is 19.5. The van der Waals surface area contributed by atoms with Crippen LogP contribution in [0.15, 0.2) is 29.1 Å². The summed E-state index contributed by atoms with van der Waals surface area (Å²) in [7, 11) is 1.65. The van der Waals surface area contributed by atoms with Crippen molar-refractivity contribution in [2.75, 3.05) is 20.3 Å². The molecule has 0 bridgehead atoms. The number of aromatic amines is 1. The standard InChI is InChI=1S/C14H16N2O3/c1-18-14(6-8-19-9-7-14)13-15-11-5-3-2-4-10(11)12(17)16-13/h2-5H,6-9H2,1H3,(H,15,16,17). The quantitative estimate of drug-likeness (QED) is 0.890. The zero-order chi connectivity index (χ0) is 13.3. The highest BCUT2D eigenvalue weighted by atomic mass is 16.5. The van der Waals surface area contributed by atoms with Crippen LogP contribution in [0.2, 0.25) is 0 Å². The van der Waals surface area contributed by atoms with Gasteiger partial charge >= 0.3 is 0 Å². The molecular weight excluding hydrogens is 244 g/mol. The van der Waals surface area contributed by atoms with Gasteiger partial charge in [-0.05, 0) is 12.1 Å². The number of para-hydroxylation sites is 1. The number of H-pyrrole nitrogens is 1. The van der Waals surface area contributed by atoms with Gasteiger partial charge in [-0.15, -0.1) is 0 Å². The van der Waals surface area contributed by atoms with Crippen molar-refractivity contribution in [2.45, 2.75) is 18.4 Å². The van der Waals surface area contributed by atoms with Crippen LogP contribution in [-0.4, -0.2) is 30.3 Å². The second kappa shape index (κ2) is 4.75. The van der Waals surface area contributed by atoms with Gasteiger partial charge in [0, 0.05) is 33.2 Å². The van der Waals surface area contributed by atoms with E-state index in [-0.39, 0.29) is 5.56 Å². The zero-order valence-electron chi connectivity index (χ0n) is 10.8. The van der Waals surface area contributed by atoms with Crippen LogP contribution in [0.1, 0.15) is 18.7 Å². The summed E-state index contributed by atoms with van der Waals surface area (Å²) in [5.74, 6) is 0.599. The lowest BCUT2D eigenvalue weighted by molar-refractivity contribution is -0.0999. The second-order valence-electron chi connectivity index (χ2n) is 4.74.